The van der Waals surface area contributed by atoms with E-state index in [1.54, 1.807) is 0 Å². The van der Waals surface area contributed by atoms with E-state index in [1.807, 2.05) is 0 Å². The van der Waals surface area contributed by atoms with Gasteiger partial charge in [-0.15, -0.1) is 0 Å². The first kappa shape index (κ1) is 1510. The van der Waals surface area contributed by atoms with Crippen molar-refractivity contribution < 1.29 is 62.3 Å². The fourth-order valence-electron chi connectivity index (χ4n) is 0. The van der Waals surface area contributed by atoms with Crippen molar-refractivity contribution in [3.8, 4) is 0 Å². The van der Waals surface area contributed by atoms with Crippen LogP contribution in [0, 0.1) is 0 Å². The Labute approximate surface area is 63.0 Å². The van der Waals surface area contributed by atoms with Gasteiger partial charge in [0.15, 0.2) is 0 Å². The molecular weight excluding hydrogens is 187 g/mol. The van der Waals surface area contributed by atoms with Crippen molar-refractivity contribution in [2.45, 2.75) is 0 Å². The molecule has 0 aromatic heterocycles. The molecule has 0 unspecified atom stereocenters. The van der Waals surface area contributed by atoms with Gasteiger partial charge in [0.25, 0.3) is 0 Å². The van der Waals surface area contributed by atoms with E-state index in [0.29, 0.717) is 0 Å². The molecule has 1 radical (unpaired) electrons. The van der Waals surface area contributed by atoms with Gasteiger partial charge in [0.1, 0.15) is 0 Å². The van der Waals surface area contributed by atoms with E-state index in [2.05, 4.69) is 0 Å². The van der Waals surface area contributed by atoms with Crippen molar-refractivity contribution in [1.82, 2.24) is 0 Å². The van der Waals surface area contributed by atoms with Crippen molar-refractivity contribution >= 4 is 0 Å². The van der Waals surface area contributed by atoms with Gasteiger partial charge in [0.05, 0.1) is 0 Å². The van der Waals surface area contributed by atoms with E-state index in [4.69, 9.17) is 0 Å². The van der Waals surface area contributed by atoms with Gasteiger partial charge in [0.2, 0.25) is 0 Å². The van der Waals surface area contributed by atoms with Crippen LogP contribution in [0.5, 0.6) is 0 Å². The van der Waals surface area contributed by atoms with Crippen LogP contribution in [0.3, 0.4) is 0 Å². The van der Waals surface area contributed by atoms with Gasteiger partial charge in [-0.25, -0.2) is 0 Å². The second-order valence-electron chi connectivity index (χ2n) is 0. The van der Waals surface area contributed by atoms with E-state index in [1.165, 1.54) is 0 Å². The minimum Gasteiger partial charge on any atom is -1.00 e. The minimum absolute atomic E-state index is 0. The molecule has 63 valence electrons. The molecule has 0 saturated heterocycles. The average Bonchev–Trinajstić information content (AvgIpc) is 0. The van der Waals surface area contributed by atoms with Gasteiger partial charge >= 0.3 is 17.1 Å². The predicted octanol–water partition coefficient (Wildman–Crippen LogP) is -7.95. The van der Waals surface area contributed by atoms with Crippen LogP contribution in [0.2, 0.25) is 0 Å². The van der Waals surface area contributed by atoms with E-state index in [9.17, 15) is 0 Å². The molecule has 0 aromatic rings. The summed E-state index contributed by atoms with van der Waals surface area (Å²) in [7, 11) is 0. The predicted molar refractivity (Wildman–Crippen MR) is 21.7 cm³/mol. The van der Waals surface area contributed by atoms with Gasteiger partial charge in [-0.05, 0) is 0 Å². The molecule has 0 aliphatic heterocycles. The molecular formula is H12ClFeO6. The molecule has 0 heterocycles. The largest absolute Gasteiger partial charge is 1.00 e. The molecule has 0 fully saturated rings. The first-order chi connectivity index (χ1) is 0. The van der Waals surface area contributed by atoms with Crippen molar-refractivity contribution in [1.29, 1.82) is 0 Å². The summed E-state index contributed by atoms with van der Waals surface area (Å²) in [5.74, 6) is 0. The maximum absolute atomic E-state index is 0. The Kier molecular flexibility index (Phi) is 191000. The van der Waals surface area contributed by atoms with E-state index < -0.39 is 0 Å². The van der Waals surface area contributed by atoms with Crippen LogP contribution in [-0.2, 0) is 17.1 Å². The molecule has 0 aliphatic rings. The number of halogens is 1. The Morgan fingerprint density at radius 2 is 0.375 bits per heavy atom. The Balaban J connectivity index is 0. The van der Waals surface area contributed by atoms with Crippen LogP contribution < -0.4 is 12.4 Å². The fourth-order valence-corrected chi connectivity index (χ4v) is 0. The maximum Gasteiger partial charge on any atom is 1.00 e. The van der Waals surface area contributed by atoms with Gasteiger partial charge in [-0.2, -0.15) is 0 Å². The van der Waals surface area contributed by atoms with Gasteiger partial charge in [-0.3, -0.25) is 0 Å². The summed E-state index contributed by atoms with van der Waals surface area (Å²) in [5.41, 5.74) is 0. The zero-order valence-electron chi connectivity index (χ0n) is 3.73. The van der Waals surface area contributed by atoms with Gasteiger partial charge in [0, 0.05) is 0 Å². The third-order valence-electron chi connectivity index (χ3n) is 0. The second kappa shape index (κ2) is 1010. The first-order valence-corrected chi connectivity index (χ1v) is 0. The average molecular weight is 199 g/mol. The summed E-state index contributed by atoms with van der Waals surface area (Å²) in [6, 6.07) is 0. The topological polar surface area (TPSA) is 189 Å². The summed E-state index contributed by atoms with van der Waals surface area (Å²) in [6.45, 7) is 0. The Hall–Kier alpha value is 0.569. The summed E-state index contributed by atoms with van der Waals surface area (Å²) in [6.07, 6.45) is 0. The van der Waals surface area contributed by atoms with Crippen molar-refractivity contribution in [3.63, 3.8) is 0 Å². The monoisotopic (exact) mass is 199 g/mol. The Bertz CT molecular complexity index is 8.49. The third kappa shape index (κ3) is 628. The molecule has 0 atom stereocenters. The number of hydrogen-bond acceptors (Lipinski definition) is 0. The zero-order chi connectivity index (χ0) is 0. The fraction of sp³-hybridized carbons (Fsp3) is 0. The Morgan fingerprint density at radius 3 is 0.375 bits per heavy atom. The molecule has 8 heteroatoms. The normalized spacial score (nSPS) is 0. The van der Waals surface area contributed by atoms with Crippen molar-refractivity contribution in [2.24, 2.45) is 0 Å². The van der Waals surface area contributed by atoms with Crippen molar-refractivity contribution in [2.75, 3.05) is 0 Å². The van der Waals surface area contributed by atoms with Crippen LogP contribution in [-0.4, -0.2) is 32.9 Å². The number of hydrogen-bond donors (Lipinski definition) is 0. The summed E-state index contributed by atoms with van der Waals surface area (Å²) >= 11 is 0. The standard InChI is InChI=1S/ClH.Fe.6H2O/h1H;;6*1H2/q;+1;;;;;;/p-1. The van der Waals surface area contributed by atoms with Crippen LogP contribution in [0.1, 0.15) is 0 Å². The molecule has 12 N–H and O–H groups in total. The zero-order valence-corrected chi connectivity index (χ0v) is 5.59. The summed E-state index contributed by atoms with van der Waals surface area (Å²) < 4.78 is 0. The molecule has 0 spiro atoms. The molecule has 0 amide bonds. The molecule has 0 aromatic carbocycles. The van der Waals surface area contributed by atoms with Crippen LogP contribution in [0.25, 0.3) is 0 Å². The molecule has 8 heavy (non-hydrogen) atoms. The van der Waals surface area contributed by atoms with Gasteiger partial charge < -0.3 is 45.3 Å². The molecule has 0 saturated carbocycles. The summed E-state index contributed by atoms with van der Waals surface area (Å²) in [5, 5.41) is 0. The Morgan fingerprint density at radius 1 is 0.375 bits per heavy atom. The van der Waals surface area contributed by atoms with E-state index in [-0.39, 0.29) is 62.3 Å². The quantitative estimate of drug-likeness (QED) is 0.335. The van der Waals surface area contributed by atoms with Gasteiger partial charge in [-0.1, -0.05) is 0 Å². The molecule has 6 nitrogen and oxygen atoms in total. The van der Waals surface area contributed by atoms with E-state index in [0.717, 1.165) is 0 Å². The molecule has 0 rings (SSSR count). The first-order valence-electron chi connectivity index (χ1n) is 0. The van der Waals surface area contributed by atoms with Crippen LogP contribution >= 0.6 is 0 Å². The number of rotatable bonds is 0. The molecule has 0 bridgehead atoms. The smallest absolute Gasteiger partial charge is 1.00 e. The minimum atomic E-state index is 0. The summed E-state index contributed by atoms with van der Waals surface area (Å²) in [4.78, 5) is 0. The van der Waals surface area contributed by atoms with Crippen LogP contribution in [0.15, 0.2) is 0 Å². The van der Waals surface area contributed by atoms with E-state index >= 15 is 0 Å². The van der Waals surface area contributed by atoms with Crippen LogP contribution in [0.4, 0.5) is 0 Å². The molecule has 0 aliphatic carbocycles. The maximum atomic E-state index is 0. The SMILES string of the molecule is O.O.O.O.O.O.[Cl-].[Fe+]. The van der Waals surface area contributed by atoms with Crippen molar-refractivity contribution in [3.05, 3.63) is 0 Å². The third-order valence-corrected chi connectivity index (χ3v) is 0. The second-order valence-corrected chi connectivity index (χ2v) is 0.